The Morgan fingerprint density at radius 2 is 2.05 bits per heavy atom. The second-order valence-electron chi connectivity index (χ2n) is 5.27. The Labute approximate surface area is 123 Å². The molecule has 1 aromatic rings. The van der Waals surface area contributed by atoms with Gasteiger partial charge in [0.1, 0.15) is 0 Å². The fourth-order valence-electron chi connectivity index (χ4n) is 2.47. The second kappa shape index (κ2) is 6.37. The lowest BCUT2D eigenvalue weighted by Crippen LogP contribution is -2.37. The largest absolute Gasteiger partial charge is 0.313 e. The summed E-state index contributed by atoms with van der Waals surface area (Å²) in [6.07, 6.45) is 2.54. The van der Waals surface area contributed by atoms with E-state index in [0.29, 0.717) is 12.3 Å². The lowest BCUT2D eigenvalue weighted by atomic mass is 10.1. The van der Waals surface area contributed by atoms with Crippen molar-refractivity contribution in [2.24, 2.45) is 0 Å². The minimum Gasteiger partial charge on any atom is -0.313 e. The van der Waals surface area contributed by atoms with Crippen molar-refractivity contribution in [1.82, 2.24) is 5.32 Å². The first kappa shape index (κ1) is 15.0. The Kier molecular flexibility index (Phi) is 5.03. The van der Waals surface area contributed by atoms with Crippen molar-refractivity contribution in [3.8, 4) is 0 Å². The van der Waals surface area contributed by atoms with Crippen molar-refractivity contribution in [1.29, 1.82) is 0 Å². The average molecular weight is 346 g/mol. The van der Waals surface area contributed by atoms with Crippen LogP contribution in [0.4, 0.5) is 0 Å². The monoisotopic (exact) mass is 345 g/mol. The highest BCUT2D eigenvalue weighted by Gasteiger charge is 2.30. The zero-order valence-corrected chi connectivity index (χ0v) is 13.5. The van der Waals surface area contributed by atoms with Crippen LogP contribution >= 0.6 is 15.9 Å². The standard InChI is InChI=1S/C14H20BrNO2S/c1-11(9-12-4-6-13(15)7-5-12)16-10-14-3-2-8-19(14,17)18/h4-7,11,14,16H,2-3,8-10H2,1H3. The van der Waals surface area contributed by atoms with Gasteiger partial charge in [-0.3, -0.25) is 0 Å². The van der Waals surface area contributed by atoms with Crippen molar-refractivity contribution < 1.29 is 8.42 Å². The topological polar surface area (TPSA) is 46.2 Å². The molecule has 106 valence electrons. The van der Waals surface area contributed by atoms with Crippen molar-refractivity contribution in [3.05, 3.63) is 34.3 Å². The van der Waals surface area contributed by atoms with E-state index < -0.39 is 9.84 Å². The average Bonchev–Trinajstić information content (AvgIpc) is 2.69. The fraction of sp³-hybridized carbons (Fsp3) is 0.571. The zero-order valence-electron chi connectivity index (χ0n) is 11.1. The van der Waals surface area contributed by atoms with Gasteiger partial charge in [0.05, 0.1) is 11.0 Å². The van der Waals surface area contributed by atoms with Crippen LogP contribution in [-0.4, -0.2) is 32.0 Å². The summed E-state index contributed by atoms with van der Waals surface area (Å²) in [7, 11) is -2.83. The normalized spacial score (nSPS) is 23.4. The van der Waals surface area contributed by atoms with Crippen LogP contribution in [0.3, 0.4) is 0 Å². The quantitative estimate of drug-likeness (QED) is 0.891. The van der Waals surface area contributed by atoms with Gasteiger partial charge < -0.3 is 5.32 Å². The van der Waals surface area contributed by atoms with E-state index in [-0.39, 0.29) is 11.3 Å². The van der Waals surface area contributed by atoms with E-state index in [1.54, 1.807) is 0 Å². The number of benzene rings is 1. The molecular weight excluding hydrogens is 326 g/mol. The molecular formula is C14H20BrNO2S. The van der Waals surface area contributed by atoms with Crippen molar-refractivity contribution >= 4 is 25.8 Å². The van der Waals surface area contributed by atoms with Crippen molar-refractivity contribution in [3.63, 3.8) is 0 Å². The molecule has 1 fully saturated rings. The molecule has 1 saturated heterocycles. The molecule has 19 heavy (non-hydrogen) atoms. The number of rotatable bonds is 5. The zero-order chi connectivity index (χ0) is 13.9. The number of sulfone groups is 1. The van der Waals surface area contributed by atoms with Crippen LogP contribution in [0.5, 0.6) is 0 Å². The molecule has 0 saturated carbocycles. The summed E-state index contributed by atoms with van der Waals surface area (Å²) < 4.78 is 24.5. The Hall–Kier alpha value is -0.390. The van der Waals surface area contributed by atoms with Gasteiger partial charge in [-0.25, -0.2) is 8.42 Å². The Bertz CT molecular complexity index is 513. The Balaban J connectivity index is 1.82. The molecule has 0 spiro atoms. The van der Waals surface area contributed by atoms with Gasteiger partial charge in [0.25, 0.3) is 0 Å². The minimum atomic E-state index is -2.83. The molecule has 1 N–H and O–H groups in total. The van der Waals surface area contributed by atoms with Crippen LogP contribution in [0.15, 0.2) is 28.7 Å². The van der Waals surface area contributed by atoms with Gasteiger partial charge in [-0.15, -0.1) is 0 Å². The van der Waals surface area contributed by atoms with Crippen LogP contribution in [0.1, 0.15) is 25.3 Å². The predicted molar refractivity (Wildman–Crippen MR) is 82.1 cm³/mol. The van der Waals surface area contributed by atoms with Gasteiger partial charge in [0.2, 0.25) is 0 Å². The highest BCUT2D eigenvalue weighted by atomic mass is 79.9. The smallest absolute Gasteiger partial charge is 0.154 e. The second-order valence-corrected chi connectivity index (χ2v) is 8.59. The lowest BCUT2D eigenvalue weighted by molar-refractivity contribution is 0.521. The Morgan fingerprint density at radius 1 is 1.37 bits per heavy atom. The summed E-state index contributed by atoms with van der Waals surface area (Å²) in [5, 5.41) is 3.17. The number of hydrogen-bond acceptors (Lipinski definition) is 3. The summed E-state index contributed by atoms with van der Waals surface area (Å²) in [6, 6.07) is 8.54. The summed E-state index contributed by atoms with van der Waals surface area (Å²) in [6.45, 7) is 2.68. The van der Waals surface area contributed by atoms with Crippen LogP contribution in [0, 0.1) is 0 Å². The van der Waals surface area contributed by atoms with Gasteiger partial charge in [-0.05, 0) is 43.9 Å². The molecule has 1 aliphatic heterocycles. The first-order chi connectivity index (χ1) is 8.97. The molecule has 0 radical (unpaired) electrons. The van der Waals surface area contributed by atoms with E-state index in [1.807, 2.05) is 12.1 Å². The van der Waals surface area contributed by atoms with Gasteiger partial charge >= 0.3 is 0 Å². The summed E-state index contributed by atoms with van der Waals surface area (Å²) in [5.74, 6) is 0.362. The minimum absolute atomic E-state index is 0.181. The summed E-state index contributed by atoms with van der Waals surface area (Å²) >= 11 is 3.42. The Morgan fingerprint density at radius 3 is 2.63 bits per heavy atom. The fourth-order valence-corrected chi connectivity index (χ4v) is 4.51. The first-order valence-electron chi connectivity index (χ1n) is 6.67. The van der Waals surface area contributed by atoms with Crippen LogP contribution in [0.2, 0.25) is 0 Å². The molecule has 3 nitrogen and oxygen atoms in total. The highest BCUT2D eigenvalue weighted by Crippen LogP contribution is 2.19. The van der Waals surface area contributed by atoms with Crippen molar-refractivity contribution in [2.45, 2.75) is 37.5 Å². The van der Waals surface area contributed by atoms with Gasteiger partial charge in [-0.2, -0.15) is 0 Å². The third-order valence-electron chi connectivity index (χ3n) is 3.61. The number of halogens is 1. The first-order valence-corrected chi connectivity index (χ1v) is 9.17. The highest BCUT2D eigenvalue weighted by molar-refractivity contribution is 9.10. The molecule has 2 unspecified atom stereocenters. The van der Waals surface area contributed by atoms with Crippen LogP contribution < -0.4 is 5.32 Å². The summed E-state index contributed by atoms with van der Waals surface area (Å²) in [4.78, 5) is 0. The molecule has 5 heteroatoms. The van der Waals surface area contributed by atoms with E-state index in [4.69, 9.17) is 0 Å². The number of nitrogens with one attached hydrogen (secondary N) is 1. The van der Waals surface area contributed by atoms with E-state index in [1.165, 1.54) is 5.56 Å². The van der Waals surface area contributed by atoms with E-state index in [2.05, 4.69) is 40.3 Å². The third-order valence-corrected chi connectivity index (χ3v) is 6.42. The molecule has 1 aromatic carbocycles. The van der Waals surface area contributed by atoms with E-state index >= 15 is 0 Å². The van der Waals surface area contributed by atoms with Crippen molar-refractivity contribution in [2.75, 3.05) is 12.3 Å². The molecule has 1 aliphatic rings. The predicted octanol–water partition coefficient (Wildman–Crippen LogP) is 2.55. The molecule has 0 aliphatic carbocycles. The molecule has 2 rings (SSSR count). The lowest BCUT2D eigenvalue weighted by Gasteiger charge is -2.17. The van der Waals surface area contributed by atoms with Gasteiger partial charge in [0, 0.05) is 17.1 Å². The van der Waals surface area contributed by atoms with E-state index in [9.17, 15) is 8.42 Å². The van der Waals surface area contributed by atoms with Gasteiger partial charge in [-0.1, -0.05) is 28.1 Å². The molecule has 1 heterocycles. The van der Waals surface area contributed by atoms with Crippen LogP contribution in [-0.2, 0) is 16.3 Å². The maximum Gasteiger partial charge on any atom is 0.154 e. The molecule has 0 aromatic heterocycles. The molecule has 2 atom stereocenters. The maximum absolute atomic E-state index is 11.7. The maximum atomic E-state index is 11.7. The molecule has 0 bridgehead atoms. The van der Waals surface area contributed by atoms with E-state index in [0.717, 1.165) is 23.7 Å². The molecule has 0 amide bonds. The van der Waals surface area contributed by atoms with Crippen LogP contribution in [0.25, 0.3) is 0 Å². The summed E-state index contributed by atoms with van der Waals surface area (Å²) in [5.41, 5.74) is 1.26. The third kappa shape index (κ3) is 4.29. The number of hydrogen-bond donors (Lipinski definition) is 1. The van der Waals surface area contributed by atoms with Gasteiger partial charge in [0.15, 0.2) is 9.84 Å². The SMILES string of the molecule is CC(Cc1ccc(Br)cc1)NCC1CCCS1(=O)=O.